The van der Waals surface area contributed by atoms with E-state index in [-0.39, 0.29) is 36.7 Å². The minimum absolute atomic E-state index is 0.00308. The number of ether oxygens (including phenoxy) is 2. The highest BCUT2D eigenvalue weighted by Crippen LogP contribution is 2.09. The van der Waals surface area contributed by atoms with E-state index < -0.39 is 18.1 Å². The molecule has 0 fully saturated rings. The molecular formula is C23H43NO6. The summed E-state index contributed by atoms with van der Waals surface area (Å²) in [5.41, 5.74) is 0. The molecule has 0 amide bonds. The van der Waals surface area contributed by atoms with Crippen LogP contribution in [0.25, 0.3) is 0 Å². The highest BCUT2D eigenvalue weighted by Gasteiger charge is 2.24. The lowest BCUT2D eigenvalue weighted by molar-refractivity contribution is -0.889. The summed E-state index contributed by atoms with van der Waals surface area (Å²) in [6.45, 7) is 2.25. The van der Waals surface area contributed by atoms with Crippen molar-refractivity contribution >= 4 is 11.9 Å². The van der Waals surface area contributed by atoms with E-state index in [1.807, 2.05) is 0 Å². The van der Waals surface area contributed by atoms with Gasteiger partial charge in [0.25, 0.3) is 0 Å². The van der Waals surface area contributed by atoms with E-state index in [2.05, 4.69) is 19.1 Å². The number of hydrogen-bond acceptors (Lipinski definition) is 6. The Morgan fingerprint density at radius 3 is 2.27 bits per heavy atom. The van der Waals surface area contributed by atoms with Gasteiger partial charge >= 0.3 is 5.97 Å². The average Bonchev–Trinajstić information content (AvgIpc) is 2.66. The quantitative estimate of drug-likeness (QED) is 0.146. The van der Waals surface area contributed by atoms with Crippen molar-refractivity contribution in [2.45, 2.75) is 83.3 Å². The number of hydrogen-bond donors (Lipinski definition) is 1. The van der Waals surface area contributed by atoms with Gasteiger partial charge in [-0.25, -0.2) is 0 Å². The first-order valence-corrected chi connectivity index (χ1v) is 11.3. The Hall–Kier alpha value is -1.44. The first kappa shape index (κ1) is 28.6. The third-order valence-corrected chi connectivity index (χ3v) is 4.86. The zero-order chi connectivity index (χ0) is 22.8. The topological polar surface area (TPSA) is 95.9 Å². The monoisotopic (exact) mass is 429 g/mol. The molecule has 0 aliphatic rings. The molecule has 0 aromatic heterocycles. The Morgan fingerprint density at radius 1 is 1.00 bits per heavy atom. The number of unbranched alkanes of at least 4 members (excludes halogenated alkanes) is 6. The molecule has 0 saturated carbocycles. The summed E-state index contributed by atoms with van der Waals surface area (Å²) in [7, 11) is 5.34. The molecule has 0 bridgehead atoms. The number of rotatable bonds is 19. The van der Waals surface area contributed by atoms with Crippen molar-refractivity contribution in [3.05, 3.63) is 12.2 Å². The predicted molar refractivity (Wildman–Crippen MR) is 116 cm³/mol. The first-order valence-electron chi connectivity index (χ1n) is 11.3. The summed E-state index contributed by atoms with van der Waals surface area (Å²) < 4.78 is 10.6. The smallest absolute Gasteiger partial charge is 0.305 e. The molecular weight excluding hydrogens is 386 g/mol. The SMILES string of the molecule is CCC/C=C\CCCCCCCC(=O)OCC(O)COCCC(C(=O)[O-])[N+](C)(C)C. The van der Waals surface area contributed by atoms with E-state index in [1.165, 1.54) is 19.3 Å². The van der Waals surface area contributed by atoms with Crippen LogP contribution in [0.5, 0.6) is 0 Å². The lowest BCUT2D eigenvalue weighted by Gasteiger charge is -2.34. The van der Waals surface area contributed by atoms with Gasteiger partial charge in [0, 0.05) is 12.8 Å². The summed E-state index contributed by atoms with van der Waals surface area (Å²) in [5.74, 6) is -1.43. The van der Waals surface area contributed by atoms with Crippen LogP contribution in [0.15, 0.2) is 12.2 Å². The minimum atomic E-state index is -1.12. The lowest BCUT2D eigenvalue weighted by atomic mass is 10.1. The second kappa shape index (κ2) is 17.3. The number of quaternary nitrogens is 1. The maximum Gasteiger partial charge on any atom is 0.305 e. The Bertz CT molecular complexity index is 487. The van der Waals surface area contributed by atoms with Crippen LogP contribution in [-0.2, 0) is 19.1 Å². The normalized spacial score (nSPS) is 14.0. The number of carboxylic acids is 1. The van der Waals surface area contributed by atoms with Crippen molar-refractivity contribution in [2.24, 2.45) is 0 Å². The van der Waals surface area contributed by atoms with Crippen LogP contribution in [0.1, 0.15) is 71.1 Å². The molecule has 0 aromatic carbocycles. The van der Waals surface area contributed by atoms with Crippen molar-refractivity contribution in [1.29, 1.82) is 0 Å². The number of aliphatic hydroxyl groups is 1. The van der Waals surface area contributed by atoms with Crippen LogP contribution < -0.4 is 5.11 Å². The average molecular weight is 430 g/mol. The van der Waals surface area contributed by atoms with E-state index >= 15 is 0 Å². The summed E-state index contributed by atoms with van der Waals surface area (Å²) in [6, 6.07) is -0.683. The summed E-state index contributed by atoms with van der Waals surface area (Å²) in [4.78, 5) is 22.9. The molecule has 7 nitrogen and oxygen atoms in total. The molecule has 2 unspecified atom stereocenters. The van der Waals surface area contributed by atoms with Gasteiger partial charge in [0.15, 0.2) is 0 Å². The zero-order valence-corrected chi connectivity index (χ0v) is 19.4. The van der Waals surface area contributed by atoms with Gasteiger partial charge in [0.1, 0.15) is 18.8 Å². The summed E-state index contributed by atoms with van der Waals surface area (Å²) in [6.07, 6.45) is 13.0. The van der Waals surface area contributed by atoms with Gasteiger partial charge in [-0.2, -0.15) is 0 Å². The van der Waals surface area contributed by atoms with Gasteiger partial charge in [-0.05, 0) is 25.7 Å². The highest BCUT2D eigenvalue weighted by molar-refractivity contribution is 5.69. The molecule has 0 saturated heterocycles. The number of carbonyl (C=O) groups excluding carboxylic acids is 2. The fraction of sp³-hybridized carbons (Fsp3) is 0.826. The number of aliphatic hydroxyl groups excluding tert-OH is 1. The molecule has 0 spiro atoms. The lowest BCUT2D eigenvalue weighted by Crippen LogP contribution is -2.55. The Balaban J connectivity index is 3.67. The summed E-state index contributed by atoms with van der Waals surface area (Å²) in [5, 5.41) is 21.0. The Kier molecular flexibility index (Phi) is 16.4. The number of carbonyl (C=O) groups is 2. The van der Waals surface area contributed by atoms with Crippen LogP contribution in [0.3, 0.4) is 0 Å². The van der Waals surface area contributed by atoms with Gasteiger partial charge in [-0.15, -0.1) is 0 Å². The molecule has 2 atom stereocenters. The van der Waals surface area contributed by atoms with Gasteiger partial charge in [-0.3, -0.25) is 4.79 Å². The fourth-order valence-electron chi connectivity index (χ4n) is 3.01. The molecule has 176 valence electrons. The maximum atomic E-state index is 11.7. The first-order chi connectivity index (χ1) is 14.2. The molecule has 0 aliphatic carbocycles. The third-order valence-electron chi connectivity index (χ3n) is 4.86. The van der Waals surface area contributed by atoms with Crippen molar-refractivity contribution < 1.29 is 33.8 Å². The zero-order valence-electron chi connectivity index (χ0n) is 19.4. The van der Waals surface area contributed by atoms with Crippen molar-refractivity contribution in [3.8, 4) is 0 Å². The Labute approximate surface area is 182 Å². The number of carboxylic acid groups (broad SMARTS) is 1. The van der Waals surface area contributed by atoms with Gasteiger partial charge in [0.05, 0.1) is 40.3 Å². The van der Waals surface area contributed by atoms with E-state index in [1.54, 1.807) is 21.1 Å². The van der Waals surface area contributed by atoms with Gasteiger partial charge in [-0.1, -0.05) is 44.8 Å². The van der Waals surface area contributed by atoms with Crippen molar-refractivity contribution in [2.75, 3.05) is 41.0 Å². The largest absolute Gasteiger partial charge is 0.544 e. The van der Waals surface area contributed by atoms with Crippen molar-refractivity contribution in [1.82, 2.24) is 0 Å². The second-order valence-corrected chi connectivity index (χ2v) is 8.72. The Morgan fingerprint density at radius 2 is 1.63 bits per heavy atom. The van der Waals surface area contributed by atoms with Crippen LogP contribution in [0, 0.1) is 0 Å². The summed E-state index contributed by atoms with van der Waals surface area (Å²) >= 11 is 0. The molecule has 1 N–H and O–H groups in total. The van der Waals surface area contributed by atoms with Crippen LogP contribution >= 0.6 is 0 Å². The number of nitrogens with zero attached hydrogens (tertiary/aromatic N) is 1. The molecule has 7 heteroatoms. The van der Waals surface area contributed by atoms with Crippen LogP contribution in [-0.4, -0.2) is 74.6 Å². The highest BCUT2D eigenvalue weighted by atomic mass is 16.5. The van der Waals surface area contributed by atoms with Gasteiger partial charge < -0.3 is 29.0 Å². The molecule has 0 aliphatic heterocycles. The molecule has 0 radical (unpaired) electrons. The minimum Gasteiger partial charge on any atom is -0.544 e. The standard InChI is InChI=1S/C23H43NO6/c1-5-6-7-8-9-10-11-12-13-14-15-22(26)30-19-20(25)18-29-17-16-21(23(27)28)24(2,3)4/h7-8,20-21,25H,5-6,9-19H2,1-4H3/b8-7-. The molecule has 0 aromatic rings. The predicted octanol–water partition coefficient (Wildman–Crippen LogP) is 2.21. The number of aliphatic carboxylic acids is 1. The fourth-order valence-corrected chi connectivity index (χ4v) is 3.01. The van der Waals surface area contributed by atoms with E-state index in [0.717, 1.165) is 32.1 Å². The number of allylic oxidation sites excluding steroid dienone is 2. The van der Waals surface area contributed by atoms with E-state index in [4.69, 9.17) is 9.47 Å². The number of esters is 1. The molecule has 0 rings (SSSR count). The maximum absolute atomic E-state index is 11.7. The van der Waals surface area contributed by atoms with Crippen LogP contribution in [0.4, 0.5) is 0 Å². The van der Waals surface area contributed by atoms with Crippen molar-refractivity contribution in [3.63, 3.8) is 0 Å². The molecule has 0 heterocycles. The number of likely N-dealkylation sites (N-methyl/N-ethyl adjacent to an activating group) is 1. The van der Waals surface area contributed by atoms with Gasteiger partial charge in [0.2, 0.25) is 0 Å². The van der Waals surface area contributed by atoms with E-state index in [9.17, 15) is 19.8 Å². The van der Waals surface area contributed by atoms with Crippen LogP contribution in [0.2, 0.25) is 0 Å². The van der Waals surface area contributed by atoms with E-state index in [0.29, 0.717) is 6.42 Å². The molecule has 30 heavy (non-hydrogen) atoms. The second-order valence-electron chi connectivity index (χ2n) is 8.72. The third kappa shape index (κ3) is 16.4.